The minimum absolute atomic E-state index is 0.176. The zero-order chi connectivity index (χ0) is 11.3. The molecule has 0 aromatic heterocycles. The van der Waals surface area contributed by atoms with Crippen LogP contribution in [0.3, 0.4) is 0 Å². The van der Waals surface area contributed by atoms with Crippen molar-refractivity contribution in [2.45, 2.75) is 6.92 Å². The molecule has 15 heavy (non-hydrogen) atoms. The number of methoxy groups -OCH3 is 1. The normalized spacial score (nSPS) is 9.20. The highest BCUT2D eigenvalue weighted by Gasteiger charge is 2.05. The fourth-order valence-corrected chi connectivity index (χ4v) is 1.14. The van der Waals surface area contributed by atoms with Gasteiger partial charge in [-0.1, -0.05) is 0 Å². The molecule has 0 radical (unpaired) electrons. The number of nitrogens with one attached hydrogen (secondary N) is 2. The summed E-state index contributed by atoms with van der Waals surface area (Å²) in [5.41, 5.74) is 1.18. The van der Waals surface area contributed by atoms with Gasteiger partial charge < -0.3 is 15.4 Å². The predicted molar refractivity (Wildman–Crippen MR) is 57.0 cm³/mol. The highest BCUT2D eigenvalue weighted by atomic mass is 16.5. The van der Waals surface area contributed by atoms with Gasteiger partial charge in [0.15, 0.2) is 0 Å². The first-order valence-corrected chi connectivity index (χ1v) is 4.33. The van der Waals surface area contributed by atoms with Crippen molar-refractivity contribution < 1.29 is 14.3 Å². The Labute approximate surface area is 87.4 Å². The van der Waals surface area contributed by atoms with Crippen LogP contribution >= 0.6 is 0 Å². The van der Waals surface area contributed by atoms with Crippen LogP contribution in [0, 0.1) is 0 Å². The van der Waals surface area contributed by atoms with E-state index in [4.69, 9.17) is 4.74 Å². The summed E-state index contributed by atoms with van der Waals surface area (Å²) >= 11 is 0. The molecule has 5 nitrogen and oxygen atoms in total. The Balaban J connectivity index is 2.97. The van der Waals surface area contributed by atoms with Crippen LogP contribution < -0.4 is 15.4 Å². The Morgan fingerprint density at radius 2 is 2.20 bits per heavy atom. The van der Waals surface area contributed by atoms with Crippen molar-refractivity contribution in [2.24, 2.45) is 0 Å². The molecule has 0 saturated carbocycles. The van der Waals surface area contributed by atoms with E-state index < -0.39 is 0 Å². The van der Waals surface area contributed by atoms with Gasteiger partial charge in [-0.2, -0.15) is 0 Å². The van der Waals surface area contributed by atoms with Crippen molar-refractivity contribution in [3.8, 4) is 5.75 Å². The molecule has 0 fully saturated rings. The monoisotopic (exact) mass is 208 g/mol. The molecular weight excluding hydrogens is 196 g/mol. The molecule has 0 aliphatic heterocycles. The van der Waals surface area contributed by atoms with E-state index in [-0.39, 0.29) is 5.91 Å². The second-order valence-corrected chi connectivity index (χ2v) is 2.86. The van der Waals surface area contributed by atoms with Crippen LogP contribution in [-0.2, 0) is 9.59 Å². The van der Waals surface area contributed by atoms with Crippen LogP contribution in [0.2, 0.25) is 0 Å². The third-order valence-corrected chi connectivity index (χ3v) is 1.74. The number of anilines is 2. The van der Waals surface area contributed by atoms with Gasteiger partial charge in [0, 0.05) is 18.7 Å². The quantitative estimate of drug-likeness (QED) is 0.731. The molecular formula is C10H12N2O3. The number of hydrogen-bond acceptors (Lipinski definition) is 3. The third-order valence-electron chi connectivity index (χ3n) is 1.74. The van der Waals surface area contributed by atoms with E-state index in [2.05, 4.69) is 10.6 Å². The number of carbonyl (C=O) groups excluding carboxylic acids is 2. The first-order valence-electron chi connectivity index (χ1n) is 4.33. The number of rotatable bonds is 4. The fourth-order valence-electron chi connectivity index (χ4n) is 1.14. The maximum Gasteiger partial charge on any atom is 0.221 e. The van der Waals surface area contributed by atoms with E-state index in [1.807, 2.05) is 0 Å². The molecule has 1 rings (SSSR count). The summed E-state index contributed by atoms with van der Waals surface area (Å²) in [5, 5.41) is 5.10. The lowest BCUT2D eigenvalue weighted by atomic mass is 10.2. The minimum Gasteiger partial charge on any atom is -0.494 e. The Morgan fingerprint density at radius 3 is 2.73 bits per heavy atom. The van der Waals surface area contributed by atoms with Crippen LogP contribution in [0.1, 0.15) is 6.92 Å². The molecule has 0 unspecified atom stereocenters. The first kappa shape index (κ1) is 11.0. The molecule has 0 bridgehead atoms. The summed E-state index contributed by atoms with van der Waals surface area (Å²) in [5.74, 6) is 0.321. The molecule has 0 spiro atoms. The summed E-state index contributed by atoms with van der Waals surface area (Å²) in [6.07, 6.45) is 0.576. The molecule has 1 aromatic rings. The first-order chi connectivity index (χ1) is 7.17. The number of amides is 2. The van der Waals surface area contributed by atoms with Gasteiger partial charge in [0.1, 0.15) is 5.75 Å². The molecule has 0 saturated heterocycles. The average molecular weight is 208 g/mol. The zero-order valence-corrected chi connectivity index (χ0v) is 8.53. The van der Waals surface area contributed by atoms with Crippen molar-refractivity contribution in [2.75, 3.05) is 17.7 Å². The van der Waals surface area contributed by atoms with Crippen LogP contribution in [0.4, 0.5) is 11.4 Å². The van der Waals surface area contributed by atoms with Crippen LogP contribution in [-0.4, -0.2) is 19.4 Å². The van der Waals surface area contributed by atoms with E-state index in [0.717, 1.165) is 0 Å². The lowest BCUT2D eigenvalue weighted by Crippen LogP contribution is -2.07. The van der Waals surface area contributed by atoms with Gasteiger partial charge in [0.2, 0.25) is 12.3 Å². The lowest BCUT2D eigenvalue weighted by molar-refractivity contribution is -0.114. The van der Waals surface area contributed by atoms with Crippen LogP contribution in [0.25, 0.3) is 0 Å². The second kappa shape index (κ2) is 4.99. The largest absolute Gasteiger partial charge is 0.494 e. The van der Waals surface area contributed by atoms with E-state index in [1.165, 1.54) is 14.0 Å². The van der Waals surface area contributed by atoms with Crippen molar-refractivity contribution in [1.82, 2.24) is 0 Å². The van der Waals surface area contributed by atoms with E-state index in [1.54, 1.807) is 18.2 Å². The zero-order valence-electron chi connectivity index (χ0n) is 8.53. The Morgan fingerprint density at radius 1 is 1.47 bits per heavy atom. The maximum absolute atomic E-state index is 10.9. The van der Waals surface area contributed by atoms with Gasteiger partial charge >= 0.3 is 0 Å². The smallest absolute Gasteiger partial charge is 0.221 e. The average Bonchev–Trinajstić information content (AvgIpc) is 2.20. The predicted octanol–water partition coefficient (Wildman–Crippen LogP) is 1.22. The Kier molecular flexibility index (Phi) is 3.68. The van der Waals surface area contributed by atoms with Gasteiger partial charge in [0.05, 0.1) is 12.8 Å². The molecule has 0 atom stereocenters. The fraction of sp³-hybridized carbons (Fsp3) is 0.200. The van der Waals surface area contributed by atoms with E-state index >= 15 is 0 Å². The lowest BCUT2D eigenvalue weighted by Gasteiger charge is -2.10. The molecule has 80 valence electrons. The van der Waals surface area contributed by atoms with Gasteiger partial charge in [-0.25, -0.2) is 0 Å². The van der Waals surface area contributed by atoms with Gasteiger partial charge in [0.25, 0.3) is 0 Å². The van der Waals surface area contributed by atoms with Crippen molar-refractivity contribution in [1.29, 1.82) is 0 Å². The summed E-state index contributed by atoms with van der Waals surface area (Å²) in [6, 6.07) is 4.95. The number of carbonyl (C=O) groups is 2. The maximum atomic E-state index is 10.9. The van der Waals surface area contributed by atoms with Crippen molar-refractivity contribution >= 4 is 23.7 Å². The topological polar surface area (TPSA) is 67.4 Å². The summed E-state index contributed by atoms with van der Waals surface area (Å²) in [7, 11) is 1.49. The third kappa shape index (κ3) is 2.98. The SMILES string of the molecule is COc1cc(NC=O)ccc1NC(C)=O. The van der Waals surface area contributed by atoms with Crippen LogP contribution in [0.15, 0.2) is 18.2 Å². The van der Waals surface area contributed by atoms with E-state index in [9.17, 15) is 9.59 Å². The van der Waals surface area contributed by atoms with Gasteiger partial charge in [-0.3, -0.25) is 9.59 Å². The Bertz CT molecular complexity index is 377. The minimum atomic E-state index is -0.176. The molecule has 0 heterocycles. The van der Waals surface area contributed by atoms with Gasteiger partial charge in [-0.15, -0.1) is 0 Å². The number of benzene rings is 1. The summed E-state index contributed by atoms with van der Waals surface area (Å²) in [6.45, 7) is 1.41. The Hall–Kier alpha value is -2.04. The van der Waals surface area contributed by atoms with Crippen LogP contribution in [0.5, 0.6) is 5.75 Å². The molecule has 0 aliphatic carbocycles. The molecule has 2 amide bonds. The molecule has 5 heteroatoms. The number of hydrogen-bond donors (Lipinski definition) is 2. The highest BCUT2D eigenvalue weighted by molar-refractivity contribution is 5.91. The second-order valence-electron chi connectivity index (χ2n) is 2.86. The highest BCUT2D eigenvalue weighted by Crippen LogP contribution is 2.27. The standard InChI is InChI=1S/C10H12N2O3/c1-7(14)12-9-4-3-8(11-6-13)5-10(9)15-2/h3-6H,1-2H3,(H,11,13)(H,12,14). The van der Waals surface area contributed by atoms with Crippen molar-refractivity contribution in [3.63, 3.8) is 0 Å². The molecule has 0 aliphatic rings. The van der Waals surface area contributed by atoms with E-state index in [0.29, 0.717) is 23.5 Å². The number of ether oxygens (including phenoxy) is 1. The van der Waals surface area contributed by atoms with Gasteiger partial charge in [-0.05, 0) is 12.1 Å². The van der Waals surface area contributed by atoms with Crippen molar-refractivity contribution in [3.05, 3.63) is 18.2 Å². The molecule has 2 N–H and O–H groups in total. The summed E-state index contributed by atoms with van der Waals surface area (Å²) < 4.78 is 5.06. The molecule has 1 aromatic carbocycles. The summed E-state index contributed by atoms with van der Waals surface area (Å²) in [4.78, 5) is 21.1.